The van der Waals surface area contributed by atoms with Gasteiger partial charge >= 0.3 is 13.2 Å². The third-order valence-electron chi connectivity index (χ3n) is 6.56. The Balaban J connectivity index is 1.75. The van der Waals surface area contributed by atoms with E-state index < -0.39 is 35.4 Å². The van der Waals surface area contributed by atoms with Crippen LogP contribution in [0.4, 0.5) is 22.0 Å². The fourth-order valence-electron chi connectivity index (χ4n) is 4.48. The summed E-state index contributed by atoms with van der Waals surface area (Å²) in [4.78, 5) is 4.65. The van der Waals surface area contributed by atoms with E-state index in [0.717, 1.165) is 17.2 Å². The Bertz CT molecular complexity index is 1410. The van der Waals surface area contributed by atoms with Gasteiger partial charge in [-0.25, -0.2) is 4.39 Å². The summed E-state index contributed by atoms with van der Waals surface area (Å²) in [7, 11) is 0. The number of halogens is 5. The second kappa shape index (κ2) is 12.5. The Morgan fingerprint density at radius 3 is 2.08 bits per heavy atom. The Labute approximate surface area is 233 Å². The molecule has 0 spiro atoms. The van der Waals surface area contributed by atoms with E-state index in [1.165, 1.54) is 36.7 Å². The Morgan fingerprint density at radius 2 is 1.50 bits per heavy atom. The van der Waals surface area contributed by atoms with Gasteiger partial charge in [0, 0.05) is 24.2 Å². The molecule has 2 atom stereocenters. The van der Waals surface area contributed by atoms with Gasteiger partial charge in [-0.05, 0) is 65.4 Å². The normalized spacial score (nSPS) is 13.7. The molecule has 11 heteroatoms. The van der Waals surface area contributed by atoms with Crippen molar-refractivity contribution in [2.45, 2.75) is 43.7 Å². The molecule has 0 fully saturated rings. The highest BCUT2D eigenvalue weighted by molar-refractivity contribution is 7.81. The predicted molar refractivity (Wildman–Crippen MR) is 141 cm³/mol. The molecule has 2 aromatic heterocycles. The lowest BCUT2D eigenvalue weighted by molar-refractivity contribution is -0.605. The number of rotatable bonds is 11. The Kier molecular flexibility index (Phi) is 9.14. The van der Waals surface area contributed by atoms with E-state index in [-0.39, 0.29) is 5.82 Å². The minimum atomic E-state index is -3.26. The third-order valence-corrected chi connectivity index (χ3v) is 7.36. The molecular weight excluding hydrogens is 551 g/mol. The highest BCUT2D eigenvalue weighted by Gasteiger charge is 2.30. The van der Waals surface area contributed by atoms with E-state index in [0.29, 0.717) is 34.4 Å². The molecular formula is C29H25F5N2O3S. The molecule has 4 rings (SSSR count). The molecule has 2 unspecified atom stereocenters. The molecule has 0 amide bonds. The van der Waals surface area contributed by atoms with E-state index in [9.17, 15) is 27.2 Å². The van der Waals surface area contributed by atoms with Crippen molar-refractivity contribution in [2.24, 2.45) is 0 Å². The maximum absolute atomic E-state index is 13.5. The molecule has 0 aliphatic carbocycles. The fraction of sp³-hybridized carbons (Fsp3) is 0.241. The average molecular weight is 577 g/mol. The molecule has 0 aliphatic heterocycles. The van der Waals surface area contributed by atoms with Gasteiger partial charge in [-0.1, -0.05) is 31.2 Å². The van der Waals surface area contributed by atoms with Gasteiger partial charge in [0.1, 0.15) is 5.82 Å². The minimum Gasteiger partial charge on any atom is -0.619 e. The second-order valence-corrected chi connectivity index (χ2v) is 9.75. The Hall–Kier alpha value is -3.86. The Morgan fingerprint density at radius 1 is 0.875 bits per heavy atom. The zero-order valence-electron chi connectivity index (χ0n) is 21.2. The van der Waals surface area contributed by atoms with Gasteiger partial charge in [0.2, 0.25) is 0 Å². The monoisotopic (exact) mass is 576 g/mol. The van der Waals surface area contributed by atoms with Crippen molar-refractivity contribution in [1.29, 1.82) is 0 Å². The molecule has 210 valence electrons. The number of thiol groups is 1. The molecule has 0 bridgehead atoms. The first-order chi connectivity index (χ1) is 19.1. The summed E-state index contributed by atoms with van der Waals surface area (Å²) in [5.74, 6) is -1.93. The number of benzene rings is 2. The van der Waals surface area contributed by atoms with E-state index in [4.69, 9.17) is 12.6 Å². The molecule has 2 aromatic carbocycles. The van der Waals surface area contributed by atoms with Gasteiger partial charge in [0.15, 0.2) is 23.9 Å². The quantitative estimate of drug-likeness (QED) is 0.0903. The van der Waals surface area contributed by atoms with Crippen LogP contribution in [0.15, 0.2) is 85.3 Å². The van der Waals surface area contributed by atoms with Gasteiger partial charge in [-0.2, -0.15) is 34.9 Å². The lowest BCUT2D eigenvalue weighted by Gasteiger charge is -2.28. The molecule has 0 saturated heterocycles. The molecule has 0 radical (unpaired) electrons. The largest absolute Gasteiger partial charge is 0.619 e. The van der Waals surface area contributed by atoms with Gasteiger partial charge in [-0.3, -0.25) is 4.98 Å². The van der Waals surface area contributed by atoms with Crippen molar-refractivity contribution in [2.75, 3.05) is 0 Å². The number of nitrogens with zero attached hydrogens (tertiary/aromatic N) is 2. The zero-order valence-corrected chi connectivity index (χ0v) is 22.1. The van der Waals surface area contributed by atoms with Crippen LogP contribution in [0.1, 0.15) is 47.2 Å². The predicted octanol–water partition coefficient (Wildman–Crippen LogP) is 7.01. The SMILES string of the molecule is CCC(S)(c1ccc(F)cc1)c1ccc(C(Cc2cc[n+]([O-])cc2)c2ccc(OC(F)F)c(OC(F)F)c2)cn1. The highest BCUT2D eigenvalue weighted by Crippen LogP contribution is 2.40. The first kappa shape index (κ1) is 29.1. The molecule has 40 heavy (non-hydrogen) atoms. The van der Waals surface area contributed by atoms with Crippen molar-refractivity contribution < 1.29 is 36.2 Å². The summed E-state index contributed by atoms with van der Waals surface area (Å²) in [6.07, 6.45) is 5.16. The maximum Gasteiger partial charge on any atom is 0.387 e. The van der Waals surface area contributed by atoms with Crippen LogP contribution in [-0.2, 0) is 11.2 Å². The lowest BCUT2D eigenvalue weighted by atomic mass is 9.85. The molecule has 2 heterocycles. The van der Waals surface area contributed by atoms with Crippen molar-refractivity contribution in [1.82, 2.24) is 4.98 Å². The number of ether oxygens (including phenoxy) is 2. The summed E-state index contributed by atoms with van der Waals surface area (Å²) in [6, 6.07) is 16.7. The number of aromatic nitrogens is 2. The van der Waals surface area contributed by atoms with Gasteiger partial charge in [-0.15, -0.1) is 0 Å². The van der Waals surface area contributed by atoms with E-state index >= 15 is 0 Å². The van der Waals surface area contributed by atoms with Gasteiger partial charge in [0.25, 0.3) is 0 Å². The molecule has 0 aliphatic rings. The van der Waals surface area contributed by atoms with Crippen molar-refractivity contribution in [3.8, 4) is 11.5 Å². The van der Waals surface area contributed by atoms with Crippen LogP contribution in [0.25, 0.3) is 0 Å². The lowest BCUT2D eigenvalue weighted by Crippen LogP contribution is -2.24. The first-order valence-electron chi connectivity index (χ1n) is 12.2. The standard InChI is InChI=1S/C29H25F5N2O3S/c1-2-29(40,21-5-7-22(30)8-6-21)26-10-4-20(17-35-26)23(15-18-11-13-36(37)14-12-18)19-3-9-24(38-27(31)32)25(16-19)39-28(33)34/h3-14,16-17,23,27-28,40H,2,15H2,1H3. The zero-order chi connectivity index (χ0) is 28.9. The molecule has 5 nitrogen and oxygen atoms in total. The van der Waals surface area contributed by atoms with E-state index in [2.05, 4.69) is 14.5 Å². The fourth-order valence-corrected chi connectivity index (χ4v) is 4.76. The number of alkyl halides is 4. The van der Waals surface area contributed by atoms with Crippen LogP contribution >= 0.6 is 12.6 Å². The summed E-state index contributed by atoms with van der Waals surface area (Å²) < 4.78 is 74.1. The maximum atomic E-state index is 13.5. The summed E-state index contributed by atoms with van der Waals surface area (Å²) >= 11 is 4.88. The smallest absolute Gasteiger partial charge is 0.387 e. The van der Waals surface area contributed by atoms with Crippen LogP contribution in [0.3, 0.4) is 0 Å². The van der Waals surface area contributed by atoms with Crippen molar-refractivity contribution in [3.05, 3.63) is 124 Å². The summed E-state index contributed by atoms with van der Waals surface area (Å²) in [5, 5.41) is 11.5. The number of hydrogen-bond acceptors (Lipinski definition) is 5. The van der Waals surface area contributed by atoms with Gasteiger partial charge < -0.3 is 14.7 Å². The molecule has 4 aromatic rings. The topological polar surface area (TPSA) is 58.3 Å². The van der Waals surface area contributed by atoms with E-state index in [1.54, 1.807) is 36.5 Å². The average Bonchev–Trinajstić information content (AvgIpc) is 2.93. The van der Waals surface area contributed by atoms with Crippen molar-refractivity contribution in [3.63, 3.8) is 0 Å². The summed E-state index contributed by atoms with van der Waals surface area (Å²) in [5.41, 5.74) is 3.28. The third kappa shape index (κ3) is 6.82. The number of pyridine rings is 2. The molecule has 0 saturated carbocycles. The van der Waals surface area contributed by atoms with E-state index in [1.807, 2.05) is 13.0 Å². The second-order valence-electron chi connectivity index (χ2n) is 8.98. The van der Waals surface area contributed by atoms with Crippen LogP contribution in [-0.4, -0.2) is 18.2 Å². The molecule has 0 N–H and O–H groups in total. The van der Waals surface area contributed by atoms with Gasteiger partial charge in [0.05, 0.1) is 10.4 Å². The number of hydrogen-bond donors (Lipinski definition) is 1. The van der Waals surface area contributed by atoms with Crippen LogP contribution < -0.4 is 14.2 Å². The minimum absolute atomic E-state index is 0.322. The van der Waals surface area contributed by atoms with Crippen LogP contribution in [0, 0.1) is 11.0 Å². The highest BCUT2D eigenvalue weighted by atomic mass is 32.1. The first-order valence-corrected chi connectivity index (χ1v) is 12.7. The van der Waals surface area contributed by atoms with Crippen molar-refractivity contribution >= 4 is 12.6 Å². The summed E-state index contributed by atoms with van der Waals surface area (Å²) in [6.45, 7) is -4.57. The van der Waals surface area contributed by atoms with Crippen LogP contribution in [0.5, 0.6) is 11.5 Å². The van der Waals surface area contributed by atoms with Crippen LogP contribution in [0.2, 0.25) is 0 Å².